The normalized spacial score (nSPS) is 10.6. The molecule has 0 bridgehead atoms. The average Bonchev–Trinajstić information content (AvgIpc) is 3.26. The second-order valence-electron chi connectivity index (χ2n) is 5.91. The molecule has 2 aromatic heterocycles. The van der Waals surface area contributed by atoms with Crippen molar-refractivity contribution in [1.82, 2.24) is 10.1 Å². The van der Waals surface area contributed by atoms with Gasteiger partial charge in [0.05, 0.1) is 11.4 Å². The number of aryl methyl sites for hydroxylation is 3. The van der Waals surface area contributed by atoms with Crippen molar-refractivity contribution >= 4 is 28.3 Å². The number of thiazole rings is 1. The molecule has 2 heterocycles. The lowest BCUT2D eigenvalue weighted by molar-refractivity contribution is -0.119. The summed E-state index contributed by atoms with van der Waals surface area (Å²) in [6, 6.07) is 8.12. The van der Waals surface area contributed by atoms with Crippen LogP contribution in [-0.2, 0) is 16.0 Å². The molecule has 140 valence electrons. The number of nitrogens with zero attached hydrogens (tertiary/aromatic N) is 2. The molecule has 0 saturated carbocycles. The van der Waals surface area contributed by atoms with Gasteiger partial charge in [0.15, 0.2) is 11.7 Å². The summed E-state index contributed by atoms with van der Waals surface area (Å²) in [6.07, 6.45) is 0.977. The van der Waals surface area contributed by atoms with E-state index in [4.69, 9.17) is 9.26 Å². The Kier molecular flexibility index (Phi) is 5.66. The van der Waals surface area contributed by atoms with Gasteiger partial charge in [-0.25, -0.2) is 9.78 Å². The fourth-order valence-corrected chi connectivity index (χ4v) is 3.24. The molecular weight excluding hydrogens is 366 g/mol. The van der Waals surface area contributed by atoms with Gasteiger partial charge in [0.1, 0.15) is 11.3 Å². The van der Waals surface area contributed by atoms with E-state index in [1.165, 1.54) is 16.9 Å². The zero-order chi connectivity index (χ0) is 19.4. The van der Waals surface area contributed by atoms with Gasteiger partial charge in [-0.1, -0.05) is 36.3 Å². The number of amides is 1. The number of anilines is 1. The first kappa shape index (κ1) is 18.8. The molecule has 1 amide bonds. The standard InChI is InChI=1S/C19H19N3O4S/c1-4-13-5-7-14(8-6-13)15-10-27-19(20-15)21-16(23)9-25-18(24)17-11(2)22-26-12(17)3/h5-8,10H,4,9H2,1-3H3,(H,20,21,23). The van der Waals surface area contributed by atoms with Crippen molar-refractivity contribution in [2.75, 3.05) is 11.9 Å². The number of nitrogens with one attached hydrogen (secondary N) is 1. The van der Waals surface area contributed by atoms with Crippen LogP contribution in [0, 0.1) is 13.8 Å². The molecule has 0 aliphatic rings. The second kappa shape index (κ2) is 8.13. The van der Waals surface area contributed by atoms with E-state index in [1.807, 2.05) is 17.5 Å². The summed E-state index contributed by atoms with van der Waals surface area (Å²) < 4.78 is 9.94. The van der Waals surface area contributed by atoms with Gasteiger partial charge in [-0.3, -0.25) is 10.1 Å². The number of benzene rings is 1. The minimum atomic E-state index is -0.641. The van der Waals surface area contributed by atoms with Crippen molar-refractivity contribution in [3.05, 3.63) is 52.2 Å². The molecule has 0 aliphatic heterocycles. The number of esters is 1. The summed E-state index contributed by atoms with van der Waals surface area (Å²) in [4.78, 5) is 28.5. The molecule has 1 N–H and O–H groups in total. The molecule has 0 aliphatic carbocycles. The number of carbonyl (C=O) groups is 2. The number of aromatic nitrogens is 2. The highest BCUT2D eigenvalue weighted by Gasteiger charge is 2.20. The molecule has 7 nitrogen and oxygen atoms in total. The zero-order valence-corrected chi connectivity index (χ0v) is 16.1. The van der Waals surface area contributed by atoms with Gasteiger partial charge in [0.2, 0.25) is 0 Å². The lowest BCUT2D eigenvalue weighted by atomic mass is 10.1. The Morgan fingerprint density at radius 3 is 2.59 bits per heavy atom. The van der Waals surface area contributed by atoms with Gasteiger partial charge in [-0.05, 0) is 25.8 Å². The van der Waals surface area contributed by atoms with E-state index in [-0.39, 0.29) is 5.56 Å². The predicted octanol–water partition coefficient (Wildman–Crippen LogP) is 3.77. The van der Waals surface area contributed by atoms with Crippen molar-refractivity contribution in [3.63, 3.8) is 0 Å². The highest BCUT2D eigenvalue weighted by atomic mass is 32.1. The summed E-state index contributed by atoms with van der Waals surface area (Å²) in [5.74, 6) is -0.744. The van der Waals surface area contributed by atoms with Crippen LogP contribution in [-0.4, -0.2) is 28.6 Å². The summed E-state index contributed by atoms with van der Waals surface area (Å²) in [5.41, 5.74) is 3.69. The van der Waals surface area contributed by atoms with Crippen molar-refractivity contribution in [3.8, 4) is 11.3 Å². The van der Waals surface area contributed by atoms with Gasteiger partial charge in [0.25, 0.3) is 5.91 Å². The maximum atomic E-state index is 12.0. The van der Waals surface area contributed by atoms with Gasteiger partial charge in [0, 0.05) is 10.9 Å². The third-order valence-corrected chi connectivity index (χ3v) is 4.74. The van der Waals surface area contributed by atoms with Gasteiger partial charge in [-0.15, -0.1) is 11.3 Å². The summed E-state index contributed by atoms with van der Waals surface area (Å²) >= 11 is 1.31. The molecule has 8 heteroatoms. The Bertz CT molecular complexity index is 940. The molecular formula is C19H19N3O4S. The van der Waals surface area contributed by atoms with Crippen LogP contribution in [0.5, 0.6) is 0 Å². The third kappa shape index (κ3) is 4.40. The van der Waals surface area contributed by atoms with Crippen LogP contribution in [0.3, 0.4) is 0 Å². The first-order valence-electron chi connectivity index (χ1n) is 8.42. The minimum Gasteiger partial charge on any atom is -0.452 e. The van der Waals surface area contributed by atoms with E-state index in [1.54, 1.807) is 13.8 Å². The molecule has 0 fully saturated rings. The van der Waals surface area contributed by atoms with E-state index in [9.17, 15) is 9.59 Å². The van der Waals surface area contributed by atoms with E-state index in [0.717, 1.165) is 17.7 Å². The summed E-state index contributed by atoms with van der Waals surface area (Å²) in [6.45, 7) is 4.94. The Morgan fingerprint density at radius 2 is 1.96 bits per heavy atom. The van der Waals surface area contributed by atoms with Gasteiger partial charge in [-0.2, -0.15) is 0 Å². The number of carbonyl (C=O) groups excluding carboxylic acids is 2. The molecule has 3 aromatic rings. The smallest absolute Gasteiger partial charge is 0.344 e. The maximum absolute atomic E-state index is 12.0. The van der Waals surface area contributed by atoms with Crippen molar-refractivity contribution < 1.29 is 18.8 Å². The number of hydrogen-bond acceptors (Lipinski definition) is 7. The Morgan fingerprint density at radius 1 is 1.22 bits per heavy atom. The van der Waals surface area contributed by atoms with Crippen LogP contribution < -0.4 is 5.32 Å². The van der Waals surface area contributed by atoms with Crippen LogP contribution in [0.15, 0.2) is 34.2 Å². The number of ether oxygens (including phenoxy) is 1. The molecule has 0 saturated heterocycles. The highest BCUT2D eigenvalue weighted by Crippen LogP contribution is 2.25. The van der Waals surface area contributed by atoms with Crippen LogP contribution in [0.1, 0.15) is 34.3 Å². The van der Waals surface area contributed by atoms with E-state index < -0.39 is 18.5 Å². The molecule has 0 unspecified atom stereocenters. The van der Waals surface area contributed by atoms with E-state index >= 15 is 0 Å². The van der Waals surface area contributed by atoms with Gasteiger partial charge < -0.3 is 9.26 Å². The molecule has 0 radical (unpaired) electrons. The number of hydrogen-bond donors (Lipinski definition) is 1. The molecule has 0 spiro atoms. The van der Waals surface area contributed by atoms with E-state index in [0.29, 0.717) is 16.6 Å². The van der Waals surface area contributed by atoms with Gasteiger partial charge >= 0.3 is 5.97 Å². The quantitative estimate of drug-likeness (QED) is 0.649. The first-order valence-corrected chi connectivity index (χ1v) is 9.30. The second-order valence-corrected chi connectivity index (χ2v) is 6.77. The monoisotopic (exact) mass is 385 g/mol. The fraction of sp³-hybridized carbons (Fsp3) is 0.263. The molecule has 3 rings (SSSR count). The molecule has 27 heavy (non-hydrogen) atoms. The predicted molar refractivity (Wildman–Crippen MR) is 102 cm³/mol. The van der Waals surface area contributed by atoms with Crippen LogP contribution in [0.4, 0.5) is 5.13 Å². The molecule has 0 atom stereocenters. The lowest BCUT2D eigenvalue weighted by Crippen LogP contribution is -2.21. The Balaban J connectivity index is 1.57. The van der Waals surface area contributed by atoms with Crippen LogP contribution in [0.25, 0.3) is 11.3 Å². The minimum absolute atomic E-state index is 0.245. The van der Waals surface area contributed by atoms with Crippen molar-refractivity contribution in [1.29, 1.82) is 0 Å². The maximum Gasteiger partial charge on any atom is 0.344 e. The highest BCUT2D eigenvalue weighted by molar-refractivity contribution is 7.14. The van der Waals surface area contributed by atoms with Crippen molar-refractivity contribution in [2.45, 2.75) is 27.2 Å². The van der Waals surface area contributed by atoms with Crippen molar-refractivity contribution in [2.24, 2.45) is 0 Å². The lowest BCUT2D eigenvalue weighted by Gasteiger charge is -2.04. The van der Waals surface area contributed by atoms with E-state index in [2.05, 4.69) is 34.5 Å². The largest absolute Gasteiger partial charge is 0.452 e. The van der Waals surface area contributed by atoms with Crippen LogP contribution >= 0.6 is 11.3 Å². The first-order chi connectivity index (χ1) is 13.0. The topological polar surface area (TPSA) is 94.3 Å². The number of rotatable bonds is 6. The molecule has 1 aromatic carbocycles. The summed E-state index contributed by atoms with van der Waals surface area (Å²) in [5, 5.41) is 8.64. The average molecular weight is 385 g/mol. The zero-order valence-electron chi connectivity index (χ0n) is 15.2. The van der Waals surface area contributed by atoms with Crippen LogP contribution in [0.2, 0.25) is 0 Å². The Hall–Kier alpha value is -3.00. The Labute approximate surface area is 160 Å². The SMILES string of the molecule is CCc1ccc(-c2csc(NC(=O)COC(=O)c3c(C)noc3C)n2)cc1. The summed E-state index contributed by atoms with van der Waals surface area (Å²) in [7, 11) is 0. The third-order valence-electron chi connectivity index (χ3n) is 3.98. The fourth-order valence-electron chi connectivity index (χ4n) is 2.51.